The van der Waals surface area contributed by atoms with Crippen LogP contribution in [0, 0.1) is 5.92 Å². The molecule has 0 saturated carbocycles. The van der Waals surface area contributed by atoms with E-state index in [4.69, 9.17) is 14.2 Å². The maximum Gasteiger partial charge on any atom is 0.248 e. The summed E-state index contributed by atoms with van der Waals surface area (Å²) in [6.45, 7) is 8.81. The Hall–Kier alpha value is -3.02. The lowest BCUT2D eigenvalue weighted by Gasteiger charge is -2.20. The molecule has 1 fully saturated rings. The number of aromatic hydroxyl groups is 1. The third-order valence-electron chi connectivity index (χ3n) is 6.14. The highest BCUT2D eigenvalue weighted by Crippen LogP contribution is 2.38. The molecular formula is C27H36BrN5O5. The average Bonchev–Trinajstić information content (AvgIpc) is 3.51. The zero-order valence-corrected chi connectivity index (χ0v) is 24.2. The first kappa shape index (κ1) is 28.0. The Morgan fingerprint density at radius 1 is 1.34 bits per heavy atom. The van der Waals surface area contributed by atoms with Gasteiger partial charge in [0.25, 0.3) is 0 Å². The van der Waals surface area contributed by atoms with Crippen molar-refractivity contribution in [3.63, 3.8) is 0 Å². The van der Waals surface area contributed by atoms with E-state index in [9.17, 15) is 9.90 Å². The highest BCUT2D eigenvalue weighted by Gasteiger charge is 2.33. The summed E-state index contributed by atoms with van der Waals surface area (Å²) >= 11 is 3.60. The van der Waals surface area contributed by atoms with E-state index in [2.05, 4.69) is 26.3 Å². The van der Waals surface area contributed by atoms with Crippen molar-refractivity contribution < 1.29 is 24.1 Å². The summed E-state index contributed by atoms with van der Waals surface area (Å²) in [6.07, 6.45) is 3.83. The molecule has 3 aromatic rings. The van der Waals surface area contributed by atoms with Gasteiger partial charge in [-0.25, -0.2) is 0 Å². The first-order valence-corrected chi connectivity index (χ1v) is 13.4. The predicted molar refractivity (Wildman–Crippen MR) is 149 cm³/mol. The van der Waals surface area contributed by atoms with Gasteiger partial charge >= 0.3 is 0 Å². The van der Waals surface area contributed by atoms with Crippen LogP contribution in [-0.4, -0.2) is 58.0 Å². The number of hydrogen-bond donors (Lipinski definition) is 2. The van der Waals surface area contributed by atoms with Crippen molar-refractivity contribution in [2.45, 2.75) is 58.6 Å². The topological polar surface area (TPSA) is 103 Å². The fourth-order valence-corrected chi connectivity index (χ4v) is 5.09. The smallest absolute Gasteiger partial charge is 0.248 e. The second-order valence-electron chi connectivity index (χ2n) is 10.5. The molecule has 2 atom stereocenters. The van der Waals surface area contributed by atoms with Gasteiger partial charge in [0.2, 0.25) is 5.91 Å². The zero-order valence-electron chi connectivity index (χ0n) is 22.6. The molecule has 4 rings (SSSR count). The number of carbonyl (C=O) groups excluding carboxylic acids is 1. The Morgan fingerprint density at radius 2 is 2.11 bits per heavy atom. The van der Waals surface area contributed by atoms with Crippen LogP contribution in [0.5, 0.6) is 17.4 Å². The SMILES string of the molecule is CC(C)C[C@@H](C(=O)Nc1ccn(C[C@@H]2COC(C)(C)O2)n1)n1cc(Oc2cccc(N(C)C)c2Br)cc1O. The maximum atomic E-state index is 13.4. The lowest BCUT2D eigenvalue weighted by atomic mass is 10.0. The Morgan fingerprint density at radius 3 is 2.76 bits per heavy atom. The molecule has 206 valence electrons. The van der Waals surface area contributed by atoms with Crippen molar-refractivity contribution in [1.29, 1.82) is 0 Å². The van der Waals surface area contributed by atoms with Gasteiger partial charge in [-0.1, -0.05) is 19.9 Å². The Bertz CT molecular complexity index is 1270. The van der Waals surface area contributed by atoms with Crippen molar-refractivity contribution in [2.24, 2.45) is 5.92 Å². The Labute approximate surface area is 231 Å². The lowest BCUT2D eigenvalue weighted by Crippen LogP contribution is -2.27. The van der Waals surface area contributed by atoms with Gasteiger partial charge in [-0.05, 0) is 54.2 Å². The summed E-state index contributed by atoms with van der Waals surface area (Å²) in [5.41, 5.74) is 0.957. The zero-order chi connectivity index (χ0) is 27.6. The number of rotatable bonds is 10. The van der Waals surface area contributed by atoms with Crippen LogP contribution in [0.4, 0.5) is 11.5 Å². The van der Waals surface area contributed by atoms with E-state index in [1.165, 1.54) is 10.6 Å². The molecule has 0 spiro atoms. The molecule has 0 unspecified atom stereocenters. The van der Waals surface area contributed by atoms with Crippen LogP contribution in [-0.2, 0) is 20.8 Å². The number of anilines is 2. The van der Waals surface area contributed by atoms with Crippen LogP contribution >= 0.6 is 15.9 Å². The highest BCUT2D eigenvalue weighted by atomic mass is 79.9. The van der Waals surface area contributed by atoms with Crippen LogP contribution in [0.1, 0.15) is 40.2 Å². The molecule has 1 aliphatic heterocycles. The monoisotopic (exact) mass is 589 g/mol. The van der Waals surface area contributed by atoms with Crippen LogP contribution in [0.2, 0.25) is 0 Å². The predicted octanol–water partition coefficient (Wildman–Crippen LogP) is 5.39. The number of halogens is 1. The van der Waals surface area contributed by atoms with Gasteiger partial charge in [0, 0.05) is 32.4 Å². The normalized spacial score (nSPS) is 17.5. The van der Waals surface area contributed by atoms with E-state index < -0.39 is 11.8 Å². The summed E-state index contributed by atoms with van der Waals surface area (Å²) < 4.78 is 21.6. The number of hydrogen-bond acceptors (Lipinski definition) is 7. The molecule has 0 aliphatic carbocycles. The number of nitrogens with zero attached hydrogens (tertiary/aromatic N) is 4. The van der Waals surface area contributed by atoms with Gasteiger partial charge in [0.05, 0.1) is 29.5 Å². The van der Waals surface area contributed by atoms with Crippen molar-refractivity contribution in [3.8, 4) is 17.4 Å². The van der Waals surface area contributed by atoms with Crippen molar-refractivity contribution in [1.82, 2.24) is 14.3 Å². The van der Waals surface area contributed by atoms with Crippen molar-refractivity contribution in [2.75, 3.05) is 30.9 Å². The Balaban J connectivity index is 1.48. The van der Waals surface area contributed by atoms with Crippen molar-refractivity contribution >= 4 is 33.3 Å². The molecule has 1 aromatic carbocycles. The van der Waals surface area contributed by atoms with Crippen molar-refractivity contribution in [3.05, 3.63) is 47.2 Å². The molecule has 2 N–H and O–H groups in total. The minimum atomic E-state index is -0.665. The number of nitrogens with one attached hydrogen (secondary N) is 1. The molecule has 0 radical (unpaired) electrons. The molecular weight excluding hydrogens is 554 g/mol. The van der Waals surface area contributed by atoms with E-state index in [-0.39, 0.29) is 23.8 Å². The molecule has 0 bridgehead atoms. The Kier molecular flexibility index (Phi) is 8.39. The van der Waals surface area contributed by atoms with Gasteiger partial charge in [-0.2, -0.15) is 5.10 Å². The second-order valence-corrected chi connectivity index (χ2v) is 11.3. The molecule has 11 heteroatoms. The number of benzene rings is 1. The number of amides is 1. The molecule has 1 saturated heterocycles. The lowest BCUT2D eigenvalue weighted by molar-refractivity contribution is -0.139. The van der Waals surface area contributed by atoms with Gasteiger partial charge in [-0.15, -0.1) is 0 Å². The molecule has 1 aliphatic rings. The summed E-state index contributed by atoms with van der Waals surface area (Å²) in [5, 5.41) is 18.1. The van der Waals surface area contributed by atoms with Crippen LogP contribution in [0.25, 0.3) is 0 Å². The minimum absolute atomic E-state index is 0.0628. The maximum absolute atomic E-state index is 13.4. The molecule has 1 amide bonds. The standard InChI is InChI=1S/C27H36BrN5O5/c1-17(2)12-21(26(35)29-23-10-11-32(30-23)14-19-16-36-27(3,4)38-19)33-15-18(13-24(33)34)37-22-9-7-8-20(25(22)28)31(5)6/h7-11,13,15,17,19,21,34H,12,14,16H2,1-6H3,(H,29,30,35)/t19-,21+/m1/s1. The number of carbonyl (C=O) groups is 1. The fourth-order valence-electron chi connectivity index (χ4n) is 4.39. The highest BCUT2D eigenvalue weighted by molar-refractivity contribution is 9.10. The summed E-state index contributed by atoms with van der Waals surface area (Å²) in [4.78, 5) is 15.4. The number of aromatic nitrogens is 3. The minimum Gasteiger partial charge on any atom is -0.494 e. The van der Waals surface area contributed by atoms with Gasteiger partial charge in [-0.3, -0.25) is 9.48 Å². The average molecular weight is 591 g/mol. The van der Waals surface area contributed by atoms with Crippen LogP contribution in [0.15, 0.2) is 47.2 Å². The fraction of sp³-hybridized carbons (Fsp3) is 0.481. The first-order valence-electron chi connectivity index (χ1n) is 12.6. The molecule has 3 heterocycles. The quantitative estimate of drug-likeness (QED) is 0.327. The van der Waals surface area contributed by atoms with E-state index in [1.807, 2.05) is 64.9 Å². The van der Waals surface area contributed by atoms with Gasteiger partial charge in [0.1, 0.15) is 23.6 Å². The summed E-state index contributed by atoms with van der Waals surface area (Å²) in [7, 11) is 3.89. The summed E-state index contributed by atoms with van der Waals surface area (Å²) in [6, 6.07) is 8.29. The van der Waals surface area contributed by atoms with E-state index >= 15 is 0 Å². The van der Waals surface area contributed by atoms with E-state index in [0.29, 0.717) is 36.9 Å². The third kappa shape index (κ3) is 6.69. The van der Waals surface area contributed by atoms with E-state index in [1.54, 1.807) is 23.1 Å². The second kappa shape index (κ2) is 11.4. The van der Waals surface area contributed by atoms with Crippen LogP contribution < -0.4 is 15.0 Å². The van der Waals surface area contributed by atoms with Gasteiger partial charge < -0.3 is 34.1 Å². The third-order valence-corrected chi connectivity index (χ3v) is 6.93. The summed E-state index contributed by atoms with van der Waals surface area (Å²) in [5.74, 6) is 0.699. The van der Waals surface area contributed by atoms with Gasteiger partial charge in [0.15, 0.2) is 17.5 Å². The first-order chi connectivity index (χ1) is 17.9. The molecule has 10 nitrogen and oxygen atoms in total. The van der Waals surface area contributed by atoms with E-state index in [0.717, 1.165) is 10.2 Å². The number of ether oxygens (including phenoxy) is 3. The largest absolute Gasteiger partial charge is 0.494 e. The molecule has 2 aromatic heterocycles. The van der Waals surface area contributed by atoms with Crippen LogP contribution in [0.3, 0.4) is 0 Å². The molecule has 38 heavy (non-hydrogen) atoms.